The first-order chi connectivity index (χ1) is 10.0. The molecule has 0 heterocycles. The number of aryl methyl sites for hydroxylation is 1. The first-order valence-electron chi connectivity index (χ1n) is 7.06. The fraction of sp³-hybridized carbons (Fsp3) is 0.375. The van der Waals surface area contributed by atoms with Gasteiger partial charge < -0.3 is 4.74 Å². The number of fused-ring (bicyclic) bond motifs is 1. The molecule has 0 saturated heterocycles. The van der Waals surface area contributed by atoms with E-state index in [1.807, 2.05) is 6.92 Å². The topological polar surface area (TPSA) is 9.23 Å². The lowest BCUT2D eigenvalue weighted by atomic mass is 9.62. The Morgan fingerprint density at radius 3 is 1.59 bits per heavy atom. The third-order valence-corrected chi connectivity index (χ3v) is 4.10. The highest BCUT2D eigenvalue weighted by Crippen LogP contribution is 2.32. The van der Waals surface area contributed by atoms with Crippen molar-refractivity contribution in [1.29, 1.82) is 0 Å². The Morgan fingerprint density at radius 1 is 0.727 bits per heavy atom. The second-order valence-electron chi connectivity index (χ2n) is 6.60. The highest BCUT2D eigenvalue weighted by Gasteiger charge is 2.25. The Kier molecular flexibility index (Phi) is 4.28. The van der Waals surface area contributed by atoms with Crippen molar-refractivity contribution in [2.45, 2.75) is 33.1 Å². The third kappa shape index (κ3) is 2.32. The molecule has 0 aliphatic heterocycles. The summed E-state index contributed by atoms with van der Waals surface area (Å²) in [5.41, 5.74) is 3.56. The first kappa shape index (κ1) is 17.2. The molecule has 0 unspecified atom stereocenters. The maximum atomic E-state index is 6.36. The Morgan fingerprint density at radius 2 is 1.18 bits per heavy atom. The van der Waals surface area contributed by atoms with Gasteiger partial charge in [-0.2, -0.15) is 0 Å². The van der Waals surface area contributed by atoms with Crippen LogP contribution < -0.4 is 32.1 Å². The molecule has 0 atom stereocenters. The van der Waals surface area contributed by atoms with E-state index >= 15 is 0 Å². The highest BCUT2D eigenvalue weighted by molar-refractivity contribution is 6.67. The van der Waals surface area contributed by atoms with E-state index in [9.17, 15) is 0 Å². The average Bonchev–Trinajstić information content (AvgIpc) is 2.40. The van der Waals surface area contributed by atoms with Gasteiger partial charge in [0, 0.05) is 5.39 Å². The largest absolute Gasteiger partial charge is 0.497 e. The molecule has 0 bridgehead atoms. The summed E-state index contributed by atoms with van der Waals surface area (Å²) >= 11 is 0. The van der Waals surface area contributed by atoms with Gasteiger partial charge in [-0.25, -0.2) is 0 Å². The SMILES string of the molecule is [B]c1c([B])c([B])c2c(OC)c([B])c(C(C)(C)C)c(C)c2c1[B]. The first-order valence-corrected chi connectivity index (χ1v) is 7.06. The van der Waals surface area contributed by atoms with Gasteiger partial charge in [0.25, 0.3) is 0 Å². The quantitative estimate of drug-likeness (QED) is 0.572. The predicted molar refractivity (Wildman–Crippen MR) is 101 cm³/mol. The van der Waals surface area contributed by atoms with Crippen molar-refractivity contribution in [2.75, 3.05) is 7.11 Å². The second-order valence-corrected chi connectivity index (χ2v) is 6.60. The summed E-state index contributed by atoms with van der Waals surface area (Å²) in [6, 6.07) is 0. The van der Waals surface area contributed by atoms with Crippen LogP contribution in [0.2, 0.25) is 0 Å². The Balaban J connectivity index is 3.22. The van der Waals surface area contributed by atoms with Crippen LogP contribution >= 0.6 is 0 Å². The Bertz CT molecular complexity index is 775. The number of benzene rings is 2. The molecule has 22 heavy (non-hydrogen) atoms. The molecule has 0 aliphatic rings. The van der Waals surface area contributed by atoms with Crippen LogP contribution in [-0.2, 0) is 5.41 Å². The van der Waals surface area contributed by atoms with Gasteiger partial charge in [-0.05, 0) is 28.9 Å². The molecule has 0 saturated carbocycles. The lowest BCUT2D eigenvalue weighted by molar-refractivity contribution is 0.422. The van der Waals surface area contributed by atoms with Crippen molar-refractivity contribution in [1.82, 2.24) is 0 Å². The molecule has 1 nitrogen and oxygen atoms in total. The van der Waals surface area contributed by atoms with E-state index in [1.54, 1.807) is 7.11 Å². The minimum absolute atomic E-state index is 0.188. The number of ether oxygens (including phenoxy) is 1. The van der Waals surface area contributed by atoms with Crippen LogP contribution in [0.4, 0.5) is 0 Å². The summed E-state index contributed by atoms with van der Waals surface area (Å²) in [5.74, 6) is 0.487. The van der Waals surface area contributed by atoms with Gasteiger partial charge in [0.15, 0.2) is 0 Å². The van der Waals surface area contributed by atoms with E-state index in [0.717, 1.165) is 16.5 Å². The molecule has 100 valence electrons. The van der Waals surface area contributed by atoms with Crippen molar-refractivity contribution in [2.24, 2.45) is 0 Å². The number of rotatable bonds is 1. The van der Waals surface area contributed by atoms with E-state index in [2.05, 4.69) is 20.8 Å². The molecule has 0 aromatic heterocycles. The molecule has 10 radical (unpaired) electrons. The molecule has 0 aliphatic carbocycles. The second kappa shape index (κ2) is 5.47. The summed E-state index contributed by atoms with van der Waals surface area (Å²) in [4.78, 5) is 0. The minimum atomic E-state index is -0.188. The molecule has 0 amide bonds. The van der Waals surface area contributed by atoms with Gasteiger partial charge in [-0.1, -0.05) is 37.2 Å². The molecule has 2 aromatic rings. The van der Waals surface area contributed by atoms with Crippen molar-refractivity contribution in [3.8, 4) is 5.75 Å². The zero-order valence-corrected chi connectivity index (χ0v) is 13.8. The standard InChI is InChI=1S/C16H15B5O/c1-6-7-8(11(18)14(21)13(20)10(7)17)15(22-5)12(19)9(6)16(2,3)4/h1-5H3. The van der Waals surface area contributed by atoms with E-state index in [1.165, 1.54) is 0 Å². The summed E-state index contributed by atoms with van der Waals surface area (Å²) in [6.07, 6.45) is 0. The van der Waals surface area contributed by atoms with E-state index < -0.39 is 0 Å². The fourth-order valence-corrected chi connectivity index (χ4v) is 3.21. The maximum absolute atomic E-state index is 6.36. The van der Waals surface area contributed by atoms with Gasteiger partial charge in [0.1, 0.15) is 45.0 Å². The Hall–Kier alpha value is -1.18. The summed E-state index contributed by atoms with van der Waals surface area (Å²) < 4.78 is 5.52. The van der Waals surface area contributed by atoms with Gasteiger partial charge in [-0.3, -0.25) is 0 Å². The van der Waals surface area contributed by atoms with Gasteiger partial charge in [-0.15, -0.1) is 10.9 Å². The summed E-state index contributed by atoms with van der Waals surface area (Å²) in [5, 5.41) is 1.37. The maximum Gasteiger partial charge on any atom is 0.119 e. The minimum Gasteiger partial charge on any atom is -0.497 e. The molecule has 0 N–H and O–H groups in total. The van der Waals surface area contributed by atoms with Crippen LogP contribution in [0.1, 0.15) is 31.9 Å². The normalized spacial score (nSPS) is 11.9. The van der Waals surface area contributed by atoms with Gasteiger partial charge >= 0.3 is 0 Å². The van der Waals surface area contributed by atoms with Crippen molar-refractivity contribution in [3.05, 3.63) is 11.1 Å². The van der Waals surface area contributed by atoms with Crippen molar-refractivity contribution in [3.63, 3.8) is 0 Å². The average molecular weight is 277 g/mol. The van der Waals surface area contributed by atoms with Crippen LogP contribution in [0.5, 0.6) is 5.75 Å². The van der Waals surface area contributed by atoms with Gasteiger partial charge in [0.2, 0.25) is 0 Å². The molecule has 0 spiro atoms. The number of hydrogen-bond acceptors (Lipinski definition) is 1. The van der Waals surface area contributed by atoms with Crippen LogP contribution in [-0.4, -0.2) is 46.3 Å². The van der Waals surface area contributed by atoms with Crippen LogP contribution in [0.3, 0.4) is 0 Å². The lowest BCUT2D eigenvalue weighted by Crippen LogP contribution is -2.48. The number of hydrogen-bond donors (Lipinski definition) is 0. The highest BCUT2D eigenvalue weighted by atomic mass is 16.5. The summed E-state index contributed by atoms with van der Waals surface area (Å²) in [6.45, 7) is 8.20. The van der Waals surface area contributed by atoms with Crippen molar-refractivity contribution < 1.29 is 4.74 Å². The predicted octanol–water partition coefficient (Wildman–Crippen LogP) is -1.58. The lowest BCUT2D eigenvalue weighted by Gasteiger charge is -2.30. The van der Waals surface area contributed by atoms with E-state index in [4.69, 9.17) is 44.0 Å². The third-order valence-electron chi connectivity index (χ3n) is 4.10. The van der Waals surface area contributed by atoms with E-state index in [0.29, 0.717) is 33.0 Å². The zero-order valence-electron chi connectivity index (χ0n) is 13.8. The number of methoxy groups -OCH3 is 1. The molecule has 0 fully saturated rings. The van der Waals surface area contributed by atoms with Crippen LogP contribution in [0.25, 0.3) is 10.8 Å². The fourth-order valence-electron chi connectivity index (χ4n) is 3.21. The smallest absolute Gasteiger partial charge is 0.119 e. The monoisotopic (exact) mass is 278 g/mol. The molecular weight excluding hydrogens is 262 g/mol. The zero-order chi connectivity index (χ0) is 17.0. The van der Waals surface area contributed by atoms with Crippen molar-refractivity contribution >= 4 is 77.3 Å². The summed E-state index contributed by atoms with van der Waals surface area (Å²) in [7, 11) is 32.3. The van der Waals surface area contributed by atoms with Gasteiger partial charge in [0.05, 0.1) is 7.11 Å². The molecule has 2 rings (SSSR count). The van der Waals surface area contributed by atoms with Crippen LogP contribution in [0, 0.1) is 6.92 Å². The molecule has 6 heteroatoms. The van der Waals surface area contributed by atoms with Crippen LogP contribution in [0.15, 0.2) is 0 Å². The Labute approximate surface area is 139 Å². The molecular formula is C16H15B5O. The molecule has 2 aromatic carbocycles. The van der Waals surface area contributed by atoms with E-state index in [-0.39, 0.29) is 10.9 Å².